The summed E-state index contributed by atoms with van der Waals surface area (Å²) in [5.41, 5.74) is 1.84. The van der Waals surface area contributed by atoms with E-state index in [-0.39, 0.29) is 0 Å². The summed E-state index contributed by atoms with van der Waals surface area (Å²) in [5, 5.41) is 0. The van der Waals surface area contributed by atoms with Crippen LogP contribution in [0.5, 0.6) is 0 Å². The molecule has 1 heterocycles. The fourth-order valence-corrected chi connectivity index (χ4v) is 7.92. The molecule has 0 amide bonds. The normalized spacial score (nSPS) is 37.4. The molecule has 4 bridgehead atoms. The van der Waals surface area contributed by atoms with E-state index < -0.39 is 0 Å². The largest absolute Gasteiger partial charge is 0.230 e. The highest BCUT2D eigenvalue weighted by Gasteiger charge is 2.50. The molecule has 2 aromatic rings. The molecule has 21 heavy (non-hydrogen) atoms. The average molecular weight is 316 g/mol. The number of nitrogens with zero attached hydrogens (tertiary/aromatic N) is 1. The Hall–Kier alpha value is -0.540. The van der Waals surface area contributed by atoms with Gasteiger partial charge in [0.05, 0.1) is 10.2 Å². The predicted molar refractivity (Wildman–Crippen MR) is 90.9 cm³/mol. The van der Waals surface area contributed by atoms with Crippen molar-refractivity contribution in [2.45, 2.75) is 42.9 Å². The molecule has 0 aliphatic heterocycles. The summed E-state index contributed by atoms with van der Waals surface area (Å²) in [5.74, 6) is 4.50. The first kappa shape index (κ1) is 13.0. The molecule has 0 saturated heterocycles. The second-order valence-corrected chi connectivity index (χ2v) is 9.91. The molecule has 0 radical (unpaired) electrons. The van der Waals surface area contributed by atoms with Crippen molar-refractivity contribution in [2.75, 3.05) is 5.75 Å². The molecule has 0 atom stereocenters. The molecule has 1 nitrogen and oxygen atoms in total. The van der Waals surface area contributed by atoms with E-state index >= 15 is 0 Å². The van der Waals surface area contributed by atoms with Crippen LogP contribution in [0.3, 0.4) is 0 Å². The number of para-hydroxylation sites is 1. The highest BCUT2D eigenvalue weighted by Crippen LogP contribution is 2.61. The fourth-order valence-electron chi connectivity index (χ4n) is 5.59. The second kappa shape index (κ2) is 4.73. The van der Waals surface area contributed by atoms with Gasteiger partial charge in [-0.1, -0.05) is 23.9 Å². The lowest BCUT2D eigenvalue weighted by Gasteiger charge is -2.56. The van der Waals surface area contributed by atoms with Crippen LogP contribution in [0, 0.1) is 23.2 Å². The lowest BCUT2D eigenvalue weighted by molar-refractivity contribution is -0.0381. The molecule has 4 fully saturated rings. The minimum atomic E-state index is 0.664. The zero-order valence-electron chi connectivity index (χ0n) is 12.3. The summed E-state index contributed by atoms with van der Waals surface area (Å²) in [4.78, 5) is 4.81. The molecule has 110 valence electrons. The van der Waals surface area contributed by atoms with Crippen molar-refractivity contribution in [2.24, 2.45) is 23.2 Å². The summed E-state index contributed by atoms with van der Waals surface area (Å²) >= 11 is 3.92. The monoisotopic (exact) mass is 315 g/mol. The van der Waals surface area contributed by atoms with Gasteiger partial charge in [-0.05, 0) is 73.8 Å². The van der Waals surface area contributed by atoms with E-state index in [1.165, 1.54) is 39.6 Å². The summed E-state index contributed by atoms with van der Waals surface area (Å²) in [6.45, 7) is 0. The molecule has 0 N–H and O–H groups in total. The van der Waals surface area contributed by atoms with Crippen LogP contribution in [-0.2, 0) is 0 Å². The van der Waals surface area contributed by atoms with Crippen LogP contribution in [0.4, 0.5) is 0 Å². The van der Waals surface area contributed by atoms with Crippen molar-refractivity contribution in [3.63, 3.8) is 0 Å². The molecule has 4 saturated carbocycles. The maximum absolute atomic E-state index is 4.81. The van der Waals surface area contributed by atoms with E-state index in [2.05, 4.69) is 24.3 Å². The SMILES string of the molecule is c1ccc2sc(SCC34CC5CC(CC(C5)C3)C4)nc2c1. The Kier molecular flexibility index (Phi) is 2.91. The van der Waals surface area contributed by atoms with E-state index in [0.717, 1.165) is 17.8 Å². The molecule has 4 aliphatic carbocycles. The van der Waals surface area contributed by atoms with E-state index in [1.54, 1.807) is 19.3 Å². The zero-order valence-corrected chi connectivity index (χ0v) is 13.9. The number of fused-ring (bicyclic) bond motifs is 1. The minimum absolute atomic E-state index is 0.664. The van der Waals surface area contributed by atoms with Crippen LogP contribution in [-0.4, -0.2) is 10.7 Å². The number of hydrogen-bond donors (Lipinski definition) is 0. The third kappa shape index (κ3) is 2.24. The Bertz CT molecular complexity index is 606. The van der Waals surface area contributed by atoms with E-state index in [0.29, 0.717) is 5.41 Å². The second-order valence-electron chi connectivity index (χ2n) is 7.65. The van der Waals surface area contributed by atoms with E-state index in [4.69, 9.17) is 4.98 Å². The Morgan fingerprint density at radius 3 is 2.38 bits per heavy atom. The highest BCUT2D eigenvalue weighted by molar-refractivity contribution is 8.01. The van der Waals surface area contributed by atoms with Crippen molar-refractivity contribution >= 4 is 33.3 Å². The minimum Gasteiger partial charge on any atom is -0.230 e. The molecule has 0 spiro atoms. The number of rotatable bonds is 3. The van der Waals surface area contributed by atoms with Crippen molar-refractivity contribution in [3.05, 3.63) is 24.3 Å². The molecule has 4 aliphatic rings. The van der Waals surface area contributed by atoms with Crippen LogP contribution in [0.25, 0.3) is 10.2 Å². The Labute approximate surface area is 134 Å². The fraction of sp³-hybridized carbons (Fsp3) is 0.611. The van der Waals surface area contributed by atoms with Gasteiger partial charge in [-0.15, -0.1) is 11.3 Å². The van der Waals surface area contributed by atoms with Gasteiger partial charge in [0.1, 0.15) is 0 Å². The average Bonchev–Trinajstić information content (AvgIpc) is 2.87. The van der Waals surface area contributed by atoms with Gasteiger partial charge in [0.25, 0.3) is 0 Å². The standard InChI is InChI=1S/C18H21NS2/c1-2-4-16-15(3-1)19-17(21-16)20-11-18-8-12-5-13(9-18)7-14(6-12)10-18/h1-4,12-14H,5-11H2. The molecular formula is C18H21NS2. The predicted octanol–water partition coefficient (Wildman–Crippen LogP) is 5.60. The first-order valence-electron chi connectivity index (χ1n) is 8.26. The van der Waals surface area contributed by atoms with Crippen LogP contribution < -0.4 is 0 Å². The molecule has 0 unspecified atom stereocenters. The van der Waals surface area contributed by atoms with Gasteiger partial charge < -0.3 is 0 Å². The Morgan fingerprint density at radius 2 is 1.71 bits per heavy atom. The first-order valence-corrected chi connectivity index (χ1v) is 10.1. The number of aromatic nitrogens is 1. The van der Waals surface area contributed by atoms with E-state index in [1.807, 2.05) is 23.1 Å². The maximum Gasteiger partial charge on any atom is 0.151 e. The van der Waals surface area contributed by atoms with Gasteiger partial charge in [0.15, 0.2) is 4.34 Å². The lowest BCUT2D eigenvalue weighted by atomic mass is 9.50. The van der Waals surface area contributed by atoms with Crippen molar-refractivity contribution < 1.29 is 0 Å². The van der Waals surface area contributed by atoms with Crippen molar-refractivity contribution in [1.82, 2.24) is 4.98 Å². The Balaban J connectivity index is 1.35. The van der Waals surface area contributed by atoms with Gasteiger partial charge in [-0.25, -0.2) is 4.98 Å². The lowest BCUT2D eigenvalue weighted by Crippen LogP contribution is -2.47. The summed E-state index contributed by atoms with van der Waals surface area (Å²) < 4.78 is 2.62. The van der Waals surface area contributed by atoms with Gasteiger partial charge in [-0.3, -0.25) is 0 Å². The number of thiazole rings is 1. The quantitative estimate of drug-likeness (QED) is 0.683. The summed E-state index contributed by atoms with van der Waals surface area (Å²) in [6, 6.07) is 8.55. The number of thioether (sulfide) groups is 1. The first-order chi connectivity index (χ1) is 10.3. The molecular weight excluding hydrogens is 294 g/mol. The van der Waals surface area contributed by atoms with Gasteiger partial charge in [0, 0.05) is 5.75 Å². The number of benzene rings is 1. The zero-order chi connectivity index (χ0) is 13.9. The van der Waals surface area contributed by atoms with Crippen LogP contribution in [0.2, 0.25) is 0 Å². The van der Waals surface area contributed by atoms with E-state index in [9.17, 15) is 0 Å². The van der Waals surface area contributed by atoms with Crippen LogP contribution in [0.15, 0.2) is 28.6 Å². The molecule has 3 heteroatoms. The molecule has 1 aromatic carbocycles. The van der Waals surface area contributed by atoms with Crippen LogP contribution >= 0.6 is 23.1 Å². The summed E-state index contributed by atoms with van der Waals surface area (Å²) in [6.07, 6.45) is 9.17. The van der Waals surface area contributed by atoms with Gasteiger partial charge in [-0.2, -0.15) is 0 Å². The van der Waals surface area contributed by atoms with Gasteiger partial charge in [0.2, 0.25) is 0 Å². The Morgan fingerprint density at radius 1 is 1.05 bits per heavy atom. The molecule has 6 rings (SSSR count). The van der Waals surface area contributed by atoms with Crippen molar-refractivity contribution in [1.29, 1.82) is 0 Å². The smallest absolute Gasteiger partial charge is 0.151 e. The van der Waals surface area contributed by atoms with Crippen LogP contribution in [0.1, 0.15) is 38.5 Å². The topological polar surface area (TPSA) is 12.9 Å². The third-order valence-electron chi connectivity index (χ3n) is 5.94. The third-order valence-corrected chi connectivity index (χ3v) is 8.47. The van der Waals surface area contributed by atoms with Crippen molar-refractivity contribution in [3.8, 4) is 0 Å². The number of hydrogen-bond acceptors (Lipinski definition) is 3. The van der Waals surface area contributed by atoms with Gasteiger partial charge >= 0.3 is 0 Å². The maximum atomic E-state index is 4.81. The molecule has 1 aromatic heterocycles. The summed E-state index contributed by atoms with van der Waals surface area (Å²) in [7, 11) is 0. The highest BCUT2D eigenvalue weighted by atomic mass is 32.2.